The minimum atomic E-state index is -3.55. The summed E-state index contributed by atoms with van der Waals surface area (Å²) in [6.45, 7) is 4.41. The summed E-state index contributed by atoms with van der Waals surface area (Å²) in [5.74, 6) is 0.597. The molecule has 114 valence electrons. The third-order valence-electron chi connectivity index (χ3n) is 3.22. The van der Waals surface area contributed by atoms with E-state index in [1.165, 1.54) is 0 Å². The fraction of sp³-hybridized carbons (Fsp3) is 0.643. The Morgan fingerprint density at radius 2 is 1.95 bits per heavy atom. The SMILES string of the molecule is CCCC(CCC)(COc1cccnc1)CS(=O)(=O)Cl. The standard InChI is InChI=1S/C14H22ClNO3S/c1-3-7-14(8-4-2,12-20(15,17)18)11-19-13-6-5-9-16-10-13/h5-6,9-10H,3-4,7-8,11-12H2,1-2H3. The summed E-state index contributed by atoms with van der Waals surface area (Å²) in [6.07, 6.45) is 6.62. The monoisotopic (exact) mass is 319 g/mol. The molecule has 4 nitrogen and oxygen atoms in total. The first kappa shape index (κ1) is 17.2. The lowest BCUT2D eigenvalue weighted by molar-refractivity contribution is 0.141. The van der Waals surface area contributed by atoms with E-state index in [0.29, 0.717) is 12.4 Å². The van der Waals surface area contributed by atoms with Gasteiger partial charge in [-0.15, -0.1) is 0 Å². The predicted octanol–water partition coefficient (Wildman–Crippen LogP) is 3.62. The molecule has 1 aromatic rings. The van der Waals surface area contributed by atoms with Crippen LogP contribution in [0.5, 0.6) is 5.75 Å². The average molecular weight is 320 g/mol. The first-order chi connectivity index (χ1) is 9.41. The molecule has 0 aromatic carbocycles. The lowest BCUT2D eigenvalue weighted by atomic mass is 9.82. The Bertz CT molecular complexity index is 484. The largest absolute Gasteiger partial charge is 0.491 e. The van der Waals surface area contributed by atoms with Crippen LogP contribution in [-0.4, -0.2) is 25.8 Å². The van der Waals surface area contributed by atoms with Gasteiger partial charge in [-0.25, -0.2) is 8.42 Å². The molecule has 0 aliphatic rings. The van der Waals surface area contributed by atoms with Crippen LogP contribution in [0, 0.1) is 5.41 Å². The quantitative estimate of drug-likeness (QED) is 0.652. The van der Waals surface area contributed by atoms with Crippen LogP contribution in [0.3, 0.4) is 0 Å². The molecular weight excluding hydrogens is 298 g/mol. The Hall–Kier alpha value is -0.810. The summed E-state index contributed by atoms with van der Waals surface area (Å²) >= 11 is 0. The Balaban J connectivity index is 2.84. The molecule has 0 spiro atoms. The van der Waals surface area contributed by atoms with Gasteiger partial charge in [-0.3, -0.25) is 4.98 Å². The zero-order chi connectivity index (χ0) is 15.1. The van der Waals surface area contributed by atoms with Gasteiger partial charge in [0, 0.05) is 22.3 Å². The summed E-state index contributed by atoms with van der Waals surface area (Å²) in [5.41, 5.74) is -0.431. The number of hydrogen-bond donors (Lipinski definition) is 0. The molecule has 0 bridgehead atoms. The van der Waals surface area contributed by atoms with E-state index >= 15 is 0 Å². The molecule has 0 fully saturated rings. The molecule has 0 aliphatic heterocycles. The molecule has 0 aliphatic carbocycles. The van der Waals surface area contributed by atoms with Gasteiger partial charge in [0.25, 0.3) is 0 Å². The Labute approximate surface area is 125 Å². The molecule has 0 amide bonds. The third-order valence-corrected chi connectivity index (χ3v) is 4.50. The van der Waals surface area contributed by atoms with Crippen LogP contribution in [0.15, 0.2) is 24.5 Å². The van der Waals surface area contributed by atoms with E-state index in [2.05, 4.69) is 4.98 Å². The number of hydrogen-bond acceptors (Lipinski definition) is 4. The van der Waals surface area contributed by atoms with Crippen LogP contribution in [0.4, 0.5) is 0 Å². The van der Waals surface area contributed by atoms with Crippen LogP contribution in [0.25, 0.3) is 0 Å². The Kier molecular flexibility index (Phi) is 6.76. The second-order valence-electron chi connectivity index (χ2n) is 5.16. The predicted molar refractivity (Wildman–Crippen MR) is 81.6 cm³/mol. The van der Waals surface area contributed by atoms with E-state index < -0.39 is 14.5 Å². The topological polar surface area (TPSA) is 56.3 Å². The van der Waals surface area contributed by atoms with Crippen molar-refractivity contribution in [2.75, 3.05) is 12.4 Å². The first-order valence-electron chi connectivity index (χ1n) is 6.86. The minimum Gasteiger partial charge on any atom is -0.491 e. The minimum absolute atomic E-state index is 0.0521. The van der Waals surface area contributed by atoms with Crippen molar-refractivity contribution < 1.29 is 13.2 Å². The molecule has 0 saturated heterocycles. The molecule has 1 aromatic heterocycles. The van der Waals surface area contributed by atoms with Gasteiger partial charge in [-0.2, -0.15) is 0 Å². The second-order valence-corrected chi connectivity index (χ2v) is 7.94. The van der Waals surface area contributed by atoms with Crippen molar-refractivity contribution in [3.8, 4) is 5.75 Å². The normalized spacial score (nSPS) is 12.3. The fourth-order valence-electron chi connectivity index (χ4n) is 2.55. The molecule has 0 atom stereocenters. The zero-order valence-corrected chi connectivity index (χ0v) is 13.6. The Morgan fingerprint density at radius 3 is 2.40 bits per heavy atom. The molecule has 0 radical (unpaired) electrons. The van der Waals surface area contributed by atoms with Gasteiger partial charge in [0.15, 0.2) is 0 Å². The maximum absolute atomic E-state index is 11.5. The van der Waals surface area contributed by atoms with Gasteiger partial charge in [0.1, 0.15) is 5.75 Å². The van der Waals surface area contributed by atoms with Crippen LogP contribution in [-0.2, 0) is 9.05 Å². The van der Waals surface area contributed by atoms with Gasteiger partial charge < -0.3 is 4.74 Å². The molecule has 20 heavy (non-hydrogen) atoms. The van der Waals surface area contributed by atoms with Crippen molar-refractivity contribution in [3.63, 3.8) is 0 Å². The van der Waals surface area contributed by atoms with Crippen molar-refractivity contribution in [2.45, 2.75) is 39.5 Å². The van der Waals surface area contributed by atoms with Gasteiger partial charge in [-0.1, -0.05) is 26.7 Å². The number of pyridine rings is 1. The number of nitrogens with zero attached hydrogens (tertiary/aromatic N) is 1. The van der Waals surface area contributed by atoms with Crippen molar-refractivity contribution in [2.24, 2.45) is 5.41 Å². The number of aromatic nitrogens is 1. The highest BCUT2D eigenvalue weighted by Gasteiger charge is 2.34. The number of rotatable bonds is 9. The van der Waals surface area contributed by atoms with E-state index in [-0.39, 0.29) is 5.75 Å². The second kappa shape index (κ2) is 7.84. The van der Waals surface area contributed by atoms with Crippen LogP contribution in [0.2, 0.25) is 0 Å². The summed E-state index contributed by atoms with van der Waals surface area (Å²) in [5, 5.41) is 0. The number of ether oxygens (including phenoxy) is 1. The van der Waals surface area contributed by atoms with E-state index in [4.69, 9.17) is 15.4 Å². The van der Waals surface area contributed by atoms with E-state index in [1.54, 1.807) is 18.5 Å². The van der Waals surface area contributed by atoms with Crippen molar-refractivity contribution >= 4 is 19.7 Å². The maximum Gasteiger partial charge on any atom is 0.233 e. The lowest BCUT2D eigenvalue weighted by Gasteiger charge is -2.32. The lowest BCUT2D eigenvalue weighted by Crippen LogP contribution is -2.35. The van der Waals surface area contributed by atoms with E-state index in [0.717, 1.165) is 25.7 Å². The molecule has 1 rings (SSSR count). The highest BCUT2D eigenvalue weighted by molar-refractivity contribution is 8.13. The molecule has 0 N–H and O–H groups in total. The maximum atomic E-state index is 11.5. The summed E-state index contributed by atoms with van der Waals surface area (Å²) < 4.78 is 28.7. The van der Waals surface area contributed by atoms with Crippen LogP contribution in [0.1, 0.15) is 39.5 Å². The smallest absolute Gasteiger partial charge is 0.233 e. The molecule has 6 heteroatoms. The van der Waals surface area contributed by atoms with Gasteiger partial charge in [-0.05, 0) is 25.0 Å². The van der Waals surface area contributed by atoms with E-state index in [1.807, 2.05) is 19.9 Å². The van der Waals surface area contributed by atoms with Crippen molar-refractivity contribution in [1.82, 2.24) is 4.98 Å². The zero-order valence-electron chi connectivity index (χ0n) is 12.0. The van der Waals surface area contributed by atoms with Gasteiger partial charge in [0.05, 0.1) is 18.6 Å². The summed E-state index contributed by atoms with van der Waals surface area (Å²) in [6, 6.07) is 3.60. The molecule has 0 unspecified atom stereocenters. The van der Waals surface area contributed by atoms with Gasteiger partial charge in [0.2, 0.25) is 9.05 Å². The summed E-state index contributed by atoms with van der Waals surface area (Å²) in [7, 11) is 1.92. The average Bonchev–Trinajstić information content (AvgIpc) is 2.36. The highest BCUT2D eigenvalue weighted by Crippen LogP contribution is 2.33. The molecular formula is C14H22ClNO3S. The van der Waals surface area contributed by atoms with Gasteiger partial charge >= 0.3 is 0 Å². The van der Waals surface area contributed by atoms with Crippen molar-refractivity contribution in [3.05, 3.63) is 24.5 Å². The van der Waals surface area contributed by atoms with E-state index in [9.17, 15) is 8.42 Å². The first-order valence-corrected chi connectivity index (χ1v) is 9.34. The highest BCUT2D eigenvalue weighted by atomic mass is 35.7. The van der Waals surface area contributed by atoms with Crippen LogP contribution >= 0.6 is 10.7 Å². The molecule has 0 saturated carbocycles. The number of halogens is 1. The third kappa shape index (κ3) is 6.09. The van der Waals surface area contributed by atoms with Crippen LogP contribution < -0.4 is 4.74 Å². The summed E-state index contributed by atoms with van der Waals surface area (Å²) in [4.78, 5) is 3.98. The Morgan fingerprint density at radius 1 is 1.30 bits per heavy atom. The molecule has 1 heterocycles. The fourth-order valence-corrected chi connectivity index (χ4v) is 4.35. The van der Waals surface area contributed by atoms with Crippen molar-refractivity contribution in [1.29, 1.82) is 0 Å².